The van der Waals surface area contributed by atoms with E-state index in [1.165, 1.54) is 5.56 Å². The Kier molecular flexibility index (Phi) is 9.66. The SMILES string of the molecule is C[C@@H](N)CO.C[C@H](CO)NCc1ccccc1. The highest BCUT2D eigenvalue weighted by Crippen LogP contribution is 1.97. The molecule has 17 heavy (non-hydrogen) atoms. The van der Waals surface area contributed by atoms with E-state index in [1.807, 2.05) is 25.1 Å². The average Bonchev–Trinajstić information content (AvgIpc) is 2.37. The molecule has 0 saturated carbocycles. The Morgan fingerprint density at radius 1 is 1.12 bits per heavy atom. The third kappa shape index (κ3) is 9.96. The van der Waals surface area contributed by atoms with Crippen LogP contribution in [0.15, 0.2) is 30.3 Å². The summed E-state index contributed by atoms with van der Waals surface area (Å²) in [4.78, 5) is 0. The molecule has 0 aliphatic carbocycles. The first kappa shape index (κ1) is 16.1. The molecule has 0 spiro atoms. The van der Waals surface area contributed by atoms with Gasteiger partial charge < -0.3 is 21.3 Å². The van der Waals surface area contributed by atoms with Crippen LogP contribution in [0.4, 0.5) is 0 Å². The maximum Gasteiger partial charge on any atom is 0.0582 e. The second kappa shape index (κ2) is 10.2. The Balaban J connectivity index is 0.000000437. The van der Waals surface area contributed by atoms with Crippen molar-refractivity contribution in [1.29, 1.82) is 0 Å². The van der Waals surface area contributed by atoms with Crippen LogP contribution < -0.4 is 11.1 Å². The second-order valence-electron chi connectivity index (χ2n) is 4.11. The standard InChI is InChI=1S/C10H15NO.C3H9NO/c1-9(8-12)11-7-10-5-3-2-4-6-10;1-3(4)2-5/h2-6,9,11-12H,7-8H2,1H3;3,5H,2,4H2,1H3/t9-;3-/m11/s1. The second-order valence-corrected chi connectivity index (χ2v) is 4.11. The Bertz CT molecular complexity index is 265. The number of rotatable bonds is 5. The van der Waals surface area contributed by atoms with Crippen molar-refractivity contribution in [3.8, 4) is 0 Å². The van der Waals surface area contributed by atoms with Gasteiger partial charge >= 0.3 is 0 Å². The van der Waals surface area contributed by atoms with Crippen molar-refractivity contribution in [2.45, 2.75) is 32.5 Å². The molecule has 4 heteroatoms. The minimum atomic E-state index is -0.0602. The Morgan fingerprint density at radius 3 is 2.06 bits per heavy atom. The molecule has 0 unspecified atom stereocenters. The quantitative estimate of drug-likeness (QED) is 0.604. The lowest BCUT2D eigenvalue weighted by Crippen LogP contribution is -2.28. The molecule has 0 aliphatic rings. The van der Waals surface area contributed by atoms with Crippen molar-refractivity contribution in [3.63, 3.8) is 0 Å². The summed E-state index contributed by atoms with van der Waals surface area (Å²) in [6.45, 7) is 4.80. The van der Waals surface area contributed by atoms with Gasteiger partial charge in [0.05, 0.1) is 13.2 Å². The van der Waals surface area contributed by atoms with Gasteiger partial charge in [-0.25, -0.2) is 0 Å². The monoisotopic (exact) mass is 240 g/mol. The summed E-state index contributed by atoms with van der Waals surface area (Å²) in [6, 6.07) is 10.3. The zero-order valence-corrected chi connectivity index (χ0v) is 10.6. The van der Waals surface area contributed by atoms with Crippen LogP contribution in [0.5, 0.6) is 0 Å². The van der Waals surface area contributed by atoms with Gasteiger partial charge in [0.1, 0.15) is 0 Å². The van der Waals surface area contributed by atoms with Crippen molar-refractivity contribution >= 4 is 0 Å². The van der Waals surface area contributed by atoms with Crippen molar-refractivity contribution in [2.75, 3.05) is 13.2 Å². The summed E-state index contributed by atoms with van der Waals surface area (Å²) < 4.78 is 0. The summed E-state index contributed by atoms with van der Waals surface area (Å²) in [5.41, 5.74) is 6.29. The van der Waals surface area contributed by atoms with E-state index < -0.39 is 0 Å². The van der Waals surface area contributed by atoms with Gasteiger partial charge in [0.25, 0.3) is 0 Å². The maximum atomic E-state index is 8.75. The number of aliphatic hydroxyl groups is 2. The van der Waals surface area contributed by atoms with Crippen molar-refractivity contribution in [2.24, 2.45) is 5.73 Å². The lowest BCUT2D eigenvalue weighted by molar-refractivity contribution is 0.251. The highest BCUT2D eigenvalue weighted by molar-refractivity contribution is 5.14. The van der Waals surface area contributed by atoms with Crippen LogP contribution in [0.1, 0.15) is 19.4 Å². The van der Waals surface area contributed by atoms with Crippen LogP contribution >= 0.6 is 0 Å². The molecule has 4 nitrogen and oxygen atoms in total. The minimum absolute atomic E-state index is 0.0602. The lowest BCUT2D eigenvalue weighted by atomic mass is 10.2. The number of nitrogens with one attached hydrogen (secondary N) is 1. The summed E-state index contributed by atoms with van der Waals surface area (Å²) in [5, 5.41) is 20.0. The van der Waals surface area contributed by atoms with Crippen LogP contribution in [0, 0.1) is 0 Å². The molecule has 0 fully saturated rings. The topological polar surface area (TPSA) is 78.5 Å². The zero-order valence-electron chi connectivity index (χ0n) is 10.6. The first-order valence-corrected chi connectivity index (χ1v) is 5.84. The molecular formula is C13H24N2O2. The minimum Gasteiger partial charge on any atom is -0.395 e. The molecule has 0 radical (unpaired) electrons. The van der Waals surface area contributed by atoms with Crippen molar-refractivity contribution in [1.82, 2.24) is 5.32 Å². The van der Waals surface area contributed by atoms with Gasteiger partial charge in [-0.05, 0) is 19.4 Å². The molecule has 98 valence electrons. The smallest absolute Gasteiger partial charge is 0.0582 e. The molecule has 0 aliphatic heterocycles. The highest BCUT2D eigenvalue weighted by Gasteiger charge is 1.97. The van der Waals surface area contributed by atoms with Gasteiger partial charge in [-0.1, -0.05) is 30.3 Å². The van der Waals surface area contributed by atoms with Gasteiger partial charge in [-0.2, -0.15) is 0 Å². The predicted octanol–water partition coefficient (Wildman–Crippen LogP) is 0.483. The van der Waals surface area contributed by atoms with E-state index in [4.69, 9.17) is 15.9 Å². The third-order valence-corrected chi connectivity index (χ3v) is 2.06. The lowest BCUT2D eigenvalue weighted by Gasteiger charge is -2.09. The summed E-state index contributed by atoms with van der Waals surface area (Å²) >= 11 is 0. The Morgan fingerprint density at radius 2 is 1.65 bits per heavy atom. The Hall–Kier alpha value is -0.940. The summed E-state index contributed by atoms with van der Waals surface area (Å²) in [5.74, 6) is 0. The van der Waals surface area contributed by atoms with E-state index in [-0.39, 0.29) is 25.3 Å². The molecule has 1 aromatic carbocycles. The van der Waals surface area contributed by atoms with Crippen molar-refractivity contribution < 1.29 is 10.2 Å². The van der Waals surface area contributed by atoms with E-state index in [0.29, 0.717) is 0 Å². The molecule has 0 saturated heterocycles. The predicted molar refractivity (Wildman–Crippen MR) is 70.6 cm³/mol. The molecule has 2 atom stereocenters. The largest absolute Gasteiger partial charge is 0.395 e. The first-order valence-electron chi connectivity index (χ1n) is 5.84. The first-order chi connectivity index (χ1) is 8.10. The Labute approximate surface area is 103 Å². The van der Waals surface area contributed by atoms with E-state index in [0.717, 1.165) is 6.54 Å². The van der Waals surface area contributed by atoms with Gasteiger partial charge in [0, 0.05) is 18.6 Å². The molecule has 1 aromatic rings. The van der Waals surface area contributed by atoms with Crippen LogP contribution in [0.2, 0.25) is 0 Å². The molecule has 0 amide bonds. The molecule has 0 aromatic heterocycles. The summed E-state index contributed by atoms with van der Waals surface area (Å²) in [7, 11) is 0. The molecule has 5 N–H and O–H groups in total. The number of nitrogens with two attached hydrogens (primary N) is 1. The molecule has 1 rings (SSSR count). The number of hydrogen-bond acceptors (Lipinski definition) is 4. The van der Waals surface area contributed by atoms with Crippen LogP contribution in [0.25, 0.3) is 0 Å². The fourth-order valence-corrected chi connectivity index (χ4v) is 0.952. The highest BCUT2D eigenvalue weighted by atomic mass is 16.3. The van der Waals surface area contributed by atoms with E-state index in [9.17, 15) is 0 Å². The molecular weight excluding hydrogens is 216 g/mol. The van der Waals surface area contributed by atoms with E-state index in [1.54, 1.807) is 6.92 Å². The average molecular weight is 240 g/mol. The fraction of sp³-hybridized carbons (Fsp3) is 0.538. The molecule has 0 bridgehead atoms. The van der Waals surface area contributed by atoms with E-state index in [2.05, 4.69) is 17.4 Å². The van der Waals surface area contributed by atoms with Gasteiger partial charge in [0.2, 0.25) is 0 Å². The van der Waals surface area contributed by atoms with Crippen molar-refractivity contribution in [3.05, 3.63) is 35.9 Å². The van der Waals surface area contributed by atoms with Gasteiger partial charge in [-0.15, -0.1) is 0 Å². The number of benzene rings is 1. The van der Waals surface area contributed by atoms with Gasteiger partial charge in [0.15, 0.2) is 0 Å². The number of hydrogen-bond donors (Lipinski definition) is 4. The fourth-order valence-electron chi connectivity index (χ4n) is 0.952. The maximum absolute atomic E-state index is 8.75. The van der Waals surface area contributed by atoms with Crippen LogP contribution in [-0.4, -0.2) is 35.5 Å². The summed E-state index contributed by atoms with van der Waals surface area (Å²) in [6.07, 6.45) is 0. The normalized spacial score (nSPS) is 13.5. The number of aliphatic hydroxyl groups excluding tert-OH is 2. The molecule has 0 heterocycles. The van der Waals surface area contributed by atoms with Gasteiger partial charge in [-0.3, -0.25) is 0 Å². The zero-order chi connectivity index (χ0) is 13.1. The van der Waals surface area contributed by atoms with E-state index >= 15 is 0 Å². The van der Waals surface area contributed by atoms with Crippen LogP contribution in [0.3, 0.4) is 0 Å². The third-order valence-electron chi connectivity index (χ3n) is 2.06. The van der Waals surface area contributed by atoms with Crippen LogP contribution in [-0.2, 0) is 6.54 Å².